The highest BCUT2D eigenvalue weighted by molar-refractivity contribution is 5.85. The number of methoxy groups -OCH3 is 1. The van der Waals surface area contributed by atoms with Crippen LogP contribution in [0.2, 0.25) is 0 Å². The van der Waals surface area contributed by atoms with Gasteiger partial charge in [0.2, 0.25) is 0 Å². The fourth-order valence-electron chi connectivity index (χ4n) is 6.99. The fourth-order valence-corrected chi connectivity index (χ4v) is 6.99. The highest BCUT2D eigenvalue weighted by Gasteiger charge is 2.34. The molecule has 5 rings (SSSR count). The van der Waals surface area contributed by atoms with Gasteiger partial charge in [-0.05, 0) is 79.7 Å². The van der Waals surface area contributed by atoms with Gasteiger partial charge in [0.15, 0.2) is 0 Å². The van der Waals surface area contributed by atoms with E-state index in [0.717, 1.165) is 58.7 Å². The van der Waals surface area contributed by atoms with Crippen molar-refractivity contribution < 1.29 is 9.15 Å². The van der Waals surface area contributed by atoms with Crippen LogP contribution in [0.25, 0.3) is 0 Å². The lowest BCUT2D eigenvalue weighted by Crippen LogP contribution is -2.46. The molecule has 2 aliphatic heterocycles. The molecule has 1 aromatic carbocycles. The van der Waals surface area contributed by atoms with Gasteiger partial charge in [-0.25, -0.2) is 0 Å². The second-order valence-electron chi connectivity index (χ2n) is 11.5. The van der Waals surface area contributed by atoms with Crippen molar-refractivity contribution in [1.29, 1.82) is 0 Å². The highest BCUT2D eigenvalue weighted by Crippen LogP contribution is 2.49. The molecule has 1 aliphatic carbocycles. The second-order valence-corrected chi connectivity index (χ2v) is 11.5. The minimum absolute atomic E-state index is 0. The predicted molar refractivity (Wildman–Crippen MR) is 156 cm³/mol. The molecule has 2 aromatic rings. The molecule has 1 saturated carbocycles. The molecule has 3 fully saturated rings. The number of rotatable bonds is 8. The molecule has 5 nitrogen and oxygen atoms in total. The number of nitrogens with zero attached hydrogens (tertiary/aromatic N) is 3. The maximum Gasteiger partial charge on any atom is 0.0947 e. The summed E-state index contributed by atoms with van der Waals surface area (Å²) in [6, 6.07) is 9.53. The van der Waals surface area contributed by atoms with Crippen molar-refractivity contribution in [2.75, 3.05) is 56.2 Å². The van der Waals surface area contributed by atoms with Crippen LogP contribution in [-0.2, 0) is 11.3 Å². The van der Waals surface area contributed by atoms with Crippen LogP contribution in [0.5, 0.6) is 0 Å². The van der Waals surface area contributed by atoms with Gasteiger partial charge in [0, 0.05) is 69.9 Å². The number of ether oxygens (including phenoxy) is 1. The largest absolute Gasteiger partial charge is 0.472 e. The smallest absolute Gasteiger partial charge is 0.0947 e. The molecule has 0 bridgehead atoms. The van der Waals surface area contributed by atoms with E-state index in [4.69, 9.17) is 9.15 Å². The van der Waals surface area contributed by atoms with Crippen LogP contribution in [0, 0.1) is 5.41 Å². The van der Waals surface area contributed by atoms with Gasteiger partial charge in [-0.1, -0.05) is 26.7 Å². The number of piperazine rings is 1. The van der Waals surface area contributed by atoms with Gasteiger partial charge in [-0.15, -0.1) is 12.4 Å². The number of anilines is 2. The lowest BCUT2D eigenvalue weighted by Gasteiger charge is -2.42. The molecule has 3 aliphatic rings. The summed E-state index contributed by atoms with van der Waals surface area (Å²) < 4.78 is 10.9. The van der Waals surface area contributed by atoms with Gasteiger partial charge in [0.1, 0.15) is 0 Å². The molecular formula is C31H48ClN3O2. The second kappa shape index (κ2) is 12.9. The SMILES string of the molecule is CCC1(CC)CCC(c2cc(N3CCC(OC)CC3)ccc2N2CCN(Cc3ccoc3)CC2)CC1.Cl. The van der Waals surface area contributed by atoms with E-state index < -0.39 is 0 Å². The number of halogens is 1. The minimum Gasteiger partial charge on any atom is -0.472 e. The van der Waals surface area contributed by atoms with Gasteiger partial charge < -0.3 is 19.0 Å². The number of benzene rings is 1. The van der Waals surface area contributed by atoms with Crippen LogP contribution in [0.4, 0.5) is 11.4 Å². The van der Waals surface area contributed by atoms with Crippen LogP contribution >= 0.6 is 12.4 Å². The zero-order valence-electron chi connectivity index (χ0n) is 23.3. The normalized spacial score (nSPS) is 21.7. The Morgan fingerprint density at radius 2 is 1.59 bits per heavy atom. The molecule has 2 saturated heterocycles. The average Bonchev–Trinajstić information content (AvgIpc) is 3.46. The van der Waals surface area contributed by atoms with Crippen LogP contribution in [0.1, 0.15) is 82.3 Å². The topological polar surface area (TPSA) is 32.1 Å². The van der Waals surface area contributed by atoms with Crippen molar-refractivity contribution in [1.82, 2.24) is 4.90 Å². The van der Waals surface area contributed by atoms with Crippen molar-refractivity contribution in [3.63, 3.8) is 0 Å². The van der Waals surface area contributed by atoms with Crippen molar-refractivity contribution in [2.45, 2.75) is 83.8 Å². The van der Waals surface area contributed by atoms with E-state index in [1.165, 1.54) is 55.5 Å². The molecule has 6 heteroatoms. The van der Waals surface area contributed by atoms with E-state index in [2.05, 4.69) is 52.8 Å². The zero-order chi connectivity index (χ0) is 25.0. The quantitative estimate of drug-likeness (QED) is 0.364. The Morgan fingerprint density at radius 1 is 0.892 bits per heavy atom. The Labute approximate surface area is 230 Å². The summed E-state index contributed by atoms with van der Waals surface area (Å²) in [4.78, 5) is 7.83. The third-order valence-corrected chi connectivity index (χ3v) is 9.84. The van der Waals surface area contributed by atoms with Crippen molar-refractivity contribution in [2.24, 2.45) is 5.41 Å². The summed E-state index contributed by atoms with van der Waals surface area (Å²) in [7, 11) is 1.86. The number of furan rings is 1. The zero-order valence-corrected chi connectivity index (χ0v) is 24.1. The molecule has 0 unspecified atom stereocenters. The van der Waals surface area contributed by atoms with Crippen molar-refractivity contribution >= 4 is 23.8 Å². The highest BCUT2D eigenvalue weighted by atomic mass is 35.5. The Hall–Kier alpha value is -1.69. The van der Waals surface area contributed by atoms with E-state index in [-0.39, 0.29) is 12.4 Å². The summed E-state index contributed by atoms with van der Waals surface area (Å²) >= 11 is 0. The fraction of sp³-hybridized carbons (Fsp3) is 0.677. The number of hydrogen-bond donors (Lipinski definition) is 0. The predicted octanol–water partition coefficient (Wildman–Crippen LogP) is 7.10. The standard InChI is InChI=1S/C31H47N3O2.ClH/c1-4-31(5-2)13-8-26(9-14-31)29-22-27(33-15-10-28(35-3)11-16-33)6-7-30(29)34-19-17-32(18-20-34)23-25-12-21-36-24-25;/h6-7,12,21-22,24,26,28H,4-5,8-11,13-20,23H2,1-3H3;1H. The van der Waals surface area contributed by atoms with E-state index >= 15 is 0 Å². The maximum absolute atomic E-state index is 5.63. The summed E-state index contributed by atoms with van der Waals surface area (Å²) in [5.41, 5.74) is 6.40. The van der Waals surface area contributed by atoms with Gasteiger partial charge in [0.05, 0.1) is 18.6 Å². The van der Waals surface area contributed by atoms with Gasteiger partial charge in [0.25, 0.3) is 0 Å². The summed E-state index contributed by atoms with van der Waals surface area (Å²) in [5.74, 6) is 0.687. The molecule has 0 spiro atoms. The maximum atomic E-state index is 5.63. The average molecular weight is 530 g/mol. The van der Waals surface area contributed by atoms with Crippen LogP contribution < -0.4 is 9.80 Å². The summed E-state index contributed by atoms with van der Waals surface area (Å²) in [6.07, 6.45) is 14.4. The molecule has 0 radical (unpaired) electrons. The van der Waals surface area contributed by atoms with Gasteiger partial charge in [-0.2, -0.15) is 0 Å². The third kappa shape index (κ3) is 6.49. The molecule has 0 amide bonds. The number of piperidine rings is 1. The summed E-state index contributed by atoms with van der Waals surface area (Å²) in [6.45, 7) is 12.4. The third-order valence-electron chi connectivity index (χ3n) is 9.84. The molecule has 1 aromatic heterocycles. The first kappa shape index (κ1) is 28.3. The number of hydrogen-bond acceptors (Lipinski definition) is 5. The summed E-state index contributed by atoms with van der Waals surface area (Å²) in [5, 5.41) is 0. The molecule has 3 heterocycles. The van der Waals surface area contributed by atoms with Gasteiger partial charge in [-0.3, -0.25) is 4.90 Å². The Bertz CT molecular complexity index is 935. The Balaban J connectivity index is 0.00000320. The van der Waals surface area contributed by atoms with Crippen molar-refractivity contribution in [3.8, 4) is 0 Å². The van der Waals surface area contributed by atoms with Crippen LogP contribution in [0.15, 0.2) is 41.2 Å². The van der Waals surface area contributed by atoms with E-state index in [0.29, 0.717) is 17.4 Å². The van der Waals surface area contributed by atoms with E-state index in [1.54, 1.807) is 11.8 Å². The molecule has 206 valence electrons. The lowest BCUT2D eigenvalue weighted by molar-refractivity contribution is 0.0819. The van der Waals surface area contributed by atoms with Crippen LogP contribution in [0.3, 0.4) is 0 Å². The van der Waals surface area contributed by atoms with Crippen LogP contribution in [-0.4, -0.2) is 57.4 Å². The molecule has 0 atom stereocenters. The van der Waals surface area contributed by atoms with Gasteiger partial charge >= 0.3 is 0 Å². The first-order chi connectivity index (χ1) is 17.6. The Kier molecular flexibility index (Phi) is 9.88. The lowest BCUT2D eigenvalue weighted by atomic mass is 9.66. The first-order valence-corrected chi connectivity index (χ1v) is 14.5. The molecular weight excluding hydrogens is 482 g/mol. The molecule has 0 N–H and O–H groups in total. The minimum atomic E-state index is 0. The Morgan fingerprint density at radius 3 is 2.19 bits per heavy atom. The van der Waals surface area contributed by atoms with E-state index in [9.17, 15) is 0 Å². The molecule has 37 heavy (non-hydrogen) atoms. The van der Waals surface area contributed by atoms with Crippen molar-refractivity contribution in [3.05, 3.63) is 47.9 Å². The monoisotopic (exact) mass is 529 g/mol. The first-order valence-electron chi connectivity index (χ1n) is 14.5. The van der Waals surface area contributed by atoms with E-state index in [1.807, 2.05) is 13.4 Å².